The Morgan fingerprint density at radius 3 is 2.59 bits per heavy atom. The maximum absolute atomic E-state index is 12.1. The van der Waals surface area contributed by atoms with Gasteiger partial charge < -0.3 is 10.2 Å². The Balaban J connectivity index is 1.09. The van der Waals surface area contributed by atoms with Crippen molar-refractivity contribution in [2.75, 3.05) is 44.6 Å². The maximum atomic E-state index is 12.1. The third kappa shape index (κ3) is 6.01. The highest BCUT2D eigenvalue weighted by molar-refractivity contribution is 7.15. The number of hydrogen-bond donors (Lipinski definition) is 2. The van der Waals surface area contributed by atoms with Gasteiger partial charge >= 0.3 is 6.03 Å². The van der Waals surface area contributed by atoms with Crippen molar-refractivity contribution in [1.29, 1.82) is 0 Å². The van der Waals surface area contributed by atoms with Gasteiger partial charge in [0.25, 0.3) is 0 Å². The standard InChI is InChI=1S/C22H31N5OS/c28-21(25-22-24-19-9-4-5-10-20(19)29-22)23-11-6-12-26-13-15-27(16-14-26)17-18-7-2-1-3-8-18/h1-3,7-8H,4-6,9-17H2,(H2,23,24,25,28). The molecule has 1 aliphatic carbocycles. The lowest BCUT2D eigenvalue weighted by Crippen LogP contribution is -2.46. The number of nitrogens with zero attached hydrogens (tertiary/aromatic N) is 3. The predicted octanol–water partition coefficient (Wildman–Crippen LogP) is 3.35. The highest BCUT2D eigenvalue weighted by Gasteiger charge is 2.17. The second-order valence-electron chi connectivity index (χ2n) is 7.93. The van der Waals surface area contributed by atoms with Gasteiger partial charge in [0, 0.05) is 44.1 Å². The van der Waals surface area contributed by atoms with Gasteiger partial charge in [-0.15, -0.1) is 11.3 Å². The summed E-state index contributed by atoms with van der Waals surface area (Å²) in [6, 6.07) is 10.5. The summed E-state index contributed by atoms with van der Waals surface area (Å²) in [5.74, 6) is 0. The Morgan fingerprint density at radius 2 is 1.79 bits per heavy atom. The second-order valence-corrected chi connectivity index (χ2v) is 9.02. The first-order valence-corrected chi connectivity index (χ1v) is 11.6. The lowest BCUT2D eigenvalue weighted by molar-refractivity contribution is 0.126. The molecule has 2 aromatic rings. The van der Waals surface area contributed by atoms with Crippen LogP contribution in [0.5, 0.6) is 0 Å². The van der Waals surface area contributed by atoms with Crippen molar-refractivity contribution in [3.05, 3.63) is 46.5 Å². The molecule has 0 saturated carbocycles. The number of carbonyl (C=O) groups is 1. The summed E-state index contributed by atoms with van der Waals surface area (Å²) in [6.07, 6.45) is 5.58. The maximum Gasteiger partial charge on any atom is 0.321 e. The van der Waals surface area contributed by atoms with Gasteiger partial charge in [-0.1, -0.05) is 30.3 Å². The molecule has 6 nitrogen and oxygen atoms in total. The van der Waals surface area contributed by atoms with Crippen LogP contribution < -0.4 is 10.6 Å². The van der Waals surface area contributed by atoms with E-state index in [0.717, 1.165) is 63.7 Å². The quantitative estimate of drug-likeness (QED) is 0.684. The van der Waals surface area contributed by atoms with Crippen LogP contribution in [-0.4, -0.2) is 60.1 Å². The molecule has 29 heavy (non-hydrogen) atoms. The molecule has 0 spiro atoms. The minimum Gasteiger partial charge on any atom is -0.338 e. The fourth-order valence-electron chi connectivity index (χ4n) is 4.06. The zero-order valence-corrected chi connectivity index (χ0v) is 17.8. The van der Waals surface area contributed by atoms with Gasteiger partial charge in [-0.2, -0.15) is 0 Å². The number of hydrogen-bond acceptors (Lipinski definition) is 5. The topological polar surface area (TPSA) is 60.5 Å². The number of anilines is 1. The van der Waals surface area contributed by atoms with Gasteiger partial charge in [0.15, 0.2) is 5.13 Å². The molecule has 0 unspecified atom stereocenters. The van der Waals surface area contributed by atoms with Crippen molar-refractivity contribution >= 4 is 22.5 Å². The van der Waals surface area contributed by atoms with Crippen LogP contribution in [0.4, 0.5) is 9.93 Å². The van der Waals surface area contributed by atoms with E-state index >= 15 is 0 Å². The van der Waals surface area contributed by atoms with Crippen molar-refractivity contribution < 1.29 is 4.79 Å². The molecule has 7 heteroatoms. The van der Waals surface area contributed by atoms with Crippen molar-refractivity contribution in [1.82, 2.24) is 20.1 Å². The first kappa shape index (κ1) is 20.3. The van der Waals surface area contributed by atoms with Crippen LogP contribution in [0.25, 0.3) is 0 Å². The van der Waals surface area contributed by atoms with Gasteiger partial charge in [-0.3, -0.25) is 10.2 Å². The summed E-state index contributed by atoms with van der Waals surface area (Å²) >= 11 is 1.63. The summed E-state index contributed by atoms with van der Waals surface area (Å²) < 4.78 is 0. The molecule has 2 amide bonds. The molecule has 0 bridgehead atoms. The number of rotatable bonds is 7. The average Bonchev–Trinajstić information content (AvgIpc) is 3.15. The number of piperazine rings is 1. The fraction of sp³-hybridized carbons (Fsp3) is 0.545. The van der Waals surface area contributed by atoms with Crippen LogP contribution in [0.3, 0.4) is 0 Å². The Labute approximate surface area is 177 Å². The van der Waals surface area contributed by atoms with Crippen LogP contribution in [0.1, 0.15) is 35.4 Å². The second kappa shape index (κ2) is 10.2. The number of thiazole rings is 1. The molecule has 1 aromatic carbocycles. The molecule has 1 saturated heterocycles. The van der Waals surface area contributed by atoms with E-state index < -0.39 is 0 Å². The van der Waals surface area contributed by atoms with Crippen LogP contribution in [0.2, 0.25) is 0 Å². The van der Waals surface area contributed by atoms with E-state index in [1.165, 1.54) is 29.0 Å². The van der Waals surface area contributed by atoms with Gasteiger partial charge in [-0.25, -0.2) is 9.78 Å². The van der Waals surface area contributed by atoms with E-state index in [0.29, 0.717) is 6.54 Å². The molecular weight excluding hydrogens is 382 g/mol. The minimum absolute atomic E-state index is 0.135. The summed E-state index contributed by atoms with van der Waals surface area (Å²) in [5, 5.41) is 6.62. The lowest BCUT2D eigenvalue weighted by Gasteiger charge is -2.34. The van der Waals surface area contributed by atoms with E-state index in [9.17, 15) is 4.79 Å². The molecule has 0 radical (unpaired) electrons. The van der Waals surface area contributed by atoms with Gasteiger partial charge in [0.2, 0.25) is 0 Å². The van der Waals surface area contributed by atoms with Gasteiger partial charge in [0.05, 0.1) is 5.69 Å². The number of urea groups is 1. The molecule has 1 aromatic heterocycles. The van der Waals surface area contributed by atoms with E-state index in [1.807, 2.05) is 0 Å². The van der Waals surface area contributed by atoms with Crippen molar-refractivity contribution in [2.24, 2.45) is 0 Å². The zero-order valence-electron chi connectivity index (χ0n) is 17.0. The van der Waals surface area contributed by atoms with Crippen molar-refractivity contribution in [3.8, 4) is 0 Å². The predicted molar refractivity (Wildman–Crippen MR) is 119 cm³/mol. The fourth-order valence-corrected chi connectivity index (χ4v) is 5.11. The van der Waals surface area contributed by atoms with Gasteiger partial charge in [0.1, 0.15) is 0 Å². The molecule has 2 heterocycles. The van der Waals surface area contributed by atoms with Crippen LogP contribution in [0.15, 0.2) is 30.3 Å². The molecule has 1 aliphatic heterocycles. The lowest BCUT2D eigenvalue weighted by atomic mass is 10.0. The monoisotopic (exact) mass is 413 g/mol. The largest absolute Gasteiger partial charge is 0.338 e. The van der Waals surface area contributed by atoms with Gasteiger partial charge in [-0.05, 0) is 44.2 Å². The number of amides is 2. The Kier molecular flexibility index (Phi) is 7.14. The number of fused-ring (bicyclic) bond motifs is 1. The zero-order chi connectivity index (χ0) is 19.9. The number of nitrogens with one attached hydrogen (secondary N) is 2. The average molecular weight is 414 g/mol. The minimum atomic E-state index is -0.135. The number of aryl methyl sites for hydroxylation is 2. The number of benzene rings is 1. The highest BCUT2D eigenvalue weighted by Crippen LogP contribution is 2.29. The number of carbonyl (C=O) groups excluding carboxylic acids is 1. The SMILES string of the molecule is O=C(NCCCN1CCN(Cc2ccccc2)CC1)Nc1nc2c(s1)CCCC2. The van der Waals surface area contributed by atoms with E-state index in [2.05, 4.69) is 55.7 Å². The molecule has 4 rings (SSSR count). The Bertz CT molecular complexity index is 762. The van der Waals surface area contributed by atoms with Crippen LogP contribution in [0, 0.1) is 0 Å². The van der Waals surface area contributed by atoms with Crippen molar-refractivity contribution in [3.63, 3.8) is 0 Å². The Hall–Kier alpha value is -1.96. The molecule has 156 valence electrons. The van der Waals surface area contributed by atoms with E-state index in [1.54, 1.807) is 11.3 Å². The summed E-state index contributed by atoms with van der Waals surface area (Å²) in [7, 11) is 0. The van der Waals surface area contributed by atoms with E-state index in [-0.39, 0.29) is 6.03 Å². The first-order chi connectivity index (χ1) is 14.3. The van der Waals surface area contributed by atoms with Crippen LogP contribution >= 0.6 is 11.3 Å². The number of aromatic nitrogens is 1. The molecule has 1 fully saturated rings. The first-order valence-electron chi connectivity index (χ1n) is 10.8. The third-order valence-corrected chi connectivity index (χ3v) is 6.79. The smallest absolute Gasteiger partial charge is 0.321 e. The summed E-state index contributed by atoms with van der Waals surface area (Å²) in [5.41, 5.74) is 2.57. The van der Waals surface area contributed by atoms with Crippen LogP contribution in [-0.2, 0) is 19.4 Å². The summed E-state index contributed by atoms with van der Waals surface area (Å²) in [4.78, 5) is 23.0. The molecule has 2 aliphatic rings. The third-order valence-electron chi connectivity index (χ3n) is 5.72. The van der Waals surface area contributed by atoms with E-state index in [4.69, 9.17) is 0 Å². The summed E-state index contributed by atoms with van der Waals surface area (Å²) in [6.45, 7) is 7.19. The van der Waals surface area contributed by atoms with Crippen molar-refractivity contribution in [2.45, 2.75) is 38.6 Å². The highest BCUT2D eigenvalue weighted by atomic mass is 32.1. The Morgan fingerprint density at radius 1 is 1.03 bits per heavy atom. The molecule has 2 N–H and O–H groups in total. The normalized spacial score (nSPS) is 17.7. The molecular formula is C22H31N5OS. The molecule has 0 atom stereocenters.